The summed E-state index contributed by atoms with van der Waals surface area (Å²) in [4.78, 5) is 14.4. The van der Waals surface area contributed by atoms with E-state index in [0.717, 1.165) is 5.56 Å². The third-order valence-electron chi connectivity index (χ3n) is 3.59. The van der Waals surface area contributed by atoms with Gasteiger partial charge in [0.05, 0.1) is 5.69 Å². The maximum absolute atomic E-state index is 12.9. The van der Waals surface area contributed by atoms with Crippen LogP contribution in [-0.2, 0) is 0 Å². The first-order chi connectivity index (χ1) is 10.7. The van der Waals surface area contributed by atoms with Crippen LogP contribution in [0.2, 0.25) is 0 Å². The lowest BCUT2D eigenvalue weighted by molar-refractivity contribution is 0.0984. The molecule has 5 nitrogen and oxygen atoms in total. The highest BCUT2D eigenvalue weighted by Gasteiger charge is 2.31. The van der Waals surface area contributed by atoms with Gasteiger partial charge in [-0.2, -0.15) is 0 Å². The number of benzene rings is 2. The predicted molar refractivity (Wildman–Crippen MR) is 85.2 cm³/mol. The normalized spacial score (nSPS) is 16.0. The van der Waals surface area contributed by atoms with Gasteiger partial charge in [-0.05, 0) is 23.8 Å². The highest BCUT2D eigenvalue weighted by Crippen LogP contribution is 2.30. The summed E-state index contributed by atoms with van der Waals surface area (Å²) < 4.78 is 0. The minimum absolute atomic E-state index is 0.157. The quantitative estimate of drug-likeness (QED) is 0.452. The number of hydrogen-bond acceptors (Lipinski definition) is 3. The monoisotopic (exact) mass is 293 g/mol. The van der Waals surface area contributed by atoms with Crippen molar-refractivity contribution in [1.29, 1.82) is 5.41 Å². The molecule has 110 valence electrons. The van der Waals surface area contributed by atoms with Crippen LogP contribution in [0.1, 0.15) is 15.9 Å². The number of nitrogens with one attached hydrogen (secondary N) is 2. The van der Waals surface area contributed by atoms with Crippen molar-refractivity contribution < 1.29 is 10.0 Å². The first-order valence-corrected chi connectivity index (χ1v) is 6.87. The van der Waals surface area contributed by atoms with Crippen molar-refractivity contribution in [3.05, 3.63) is 71.8 Å². The van der Waals surface area contributed by atoms with Crippen LogP contribution in [0.5, 0.6) is 0 Å². The fourth-order valence-electron chi connectivity index (χ4n) is 2.53. The Morgan fingerprint density at radius 1 is 1.09 bits per heavy atom. The van der Waals surface area contributed by atoms with Crippen LogP contribution in [0.4, 0.5) is 5.69 Å². The lowest BCUT2D eigenvalue weighted by Crippen LogP contribution is -2.49. The molecular formula is C17H15N3O2. The Kier molecular flexibility index (Phi) is 3.72. The summed E-state index contributed by atoms with van der Waals surface area (Å²) >= 11 is 0. The zero-order valence-electron chi connectivity index (χ0n) is 11.7. The van der Waals surface area contributed by atoms with Crippen molar-refractivity contribution in [2.75, 3.05) is 4.90 Å². The first-order valence-electron chi connectivity index (χ1n) is 6.87. The lowest BCUT2D eigenvalue weighted by Gasteiger charge is -2.33. The molecule has 0 saturated heterocycles. The van der Waals surface area contributed by atoms with Crippen LogP contribution in [0.15, 0.2) is 60.7 Å². The number of hydrogen-bond donors (Lipinski definition) is 3. The molecule has 0 radical (unpaired) electrons. The molecule has 0 saturated carbocycles. The second-order valence-electron chi connectivity index (χ2n) is 4.93. The number of rotatable bonds is 2. The summed E-state index contributed by atoms with van der Waals surface area (Å²) in [7, 11) is 0. The highest BCUT2D eigenvalue weighted by molar-refractivity contribution is 6.12. The highest BCUT2D eigenvalue weighted by atomic mass is 16.5. The van der Waals surface area contributed by atoms with E-state index in [1.54, 1.807) is 30.3 Å². The average molecular weight is 293 g/mol. The Morgan fingerprint density at radius 2 is 1.77 bits per heavy atom. The van der Waals surface area contributed by atoms with Crippen molar-refractivity contribution in [3.63, 3.8) is 0 Å². The van der Waals surface area contributed by atoms with Crippen molar-refractivity contribution in [2.24, 2.45) is 0 Å². The molecule has 0 aliphatic carbocycles. The average Bonchev–Trinajstić information content (AvgIpc) is 2.60. The molecule has 0 spiro atoms. The van der Waals surface area contributed by atoms with Gasteiger partial charge in [0.25, 0.3) is 5.91 Å². The molecule has 0 aromatic heterocycles. The zero-order chi connectivity index (χ0) is 15.5. The van der Waals surface area contributed by atoms with Crippen molar-refractivity contribution in [2.45, 2.75) is 6.04 Å². The van der Waals surface area contributed by atoms with E-state index in [1.807, 2.05) is 41.9 Å². The van der Waals surface area contributed by atoms with Gasteiger partial charge in [0.1, 0.15) is 11.9 Å². The van der Waals surface area contributed by atoms with Gasteiger partial charge in [0.2, 0.25) is 0 Å². The molecule has 2 aromatic rings. The van der Waals surface area contributed by atoms with E-state index in [-0.39, 0.29) is 11.7 Å². The van der Waals surface area contributed by atoms with Crippen molar-refractivity contribution in [3.8, 4) is 0 Å². The number of amides is 1. The molecule has 3 rings (SSSR count). The minimum atomic E-state index is -0.674. The van der Waals surface area contributed by atoms with Gasteiger partial charge in [-0.3, -0.25) is 25.8 Å². The van der Waals surface area contributed by atoms with E-state index < -0.39 is 6.04 Å². The molecule has 0 bridgehead atoms. The molecule has 1 atom stereocenters. The Labute approximate surface area is 128 Å². The van der Waals surface area contributed by atoms with E-state index in [1.165, 1.54) is 4.90 Å². The van der Waals surface area contributed by atoms with E-state index >= 15 is 0 Å². The van der Waals surface area contributed by atoms with Gasteiger partial charge >= 0.3 is 0 Å². The fourth-order valence-corrected chi connectivity index (χ4v) is 2.53. The zero-order valence-corrected chi connectivity index (χ0v) is 11.7. The van der Waals surface area contributed by atoms with Crippen LogP contribution >= 0.6 is 0 Å². The molecule has 2 aromatic carbocycles. The number of nitrogens with zero attached hydrogens (tertiary/aromatic N) is 1. The third-order valence-corrected chi connectivity index (χ3v) is 3.59. The Morgan fingerprint density at radius 3 is 2.50 bits per heavy atom. The molecule has 1 aliphatic rings. The van der Waals surface area contributed by atoms with E-state index in [4.69, 9.17) is 10.6 Å². The summed E-state index contributed by atoms with van der Waals surface area (Å²) in [6, 6.07) is 15.7. The summed E-state index contributed by atoms with van der Waals surface area (Å²) in [5.74, 6) is -0.377. The van der Waals surface area contributed by atoms with E-state index in [0.29, 0.717) is 11.3 Å². The number of hydroxylamine groups is 1. The van der Waals surface area contributed by atoms with Gasteiger partial charge in [0, 0.05) is 5.56 Å². The third kappa shape index (κ3) is 2.38. The van der Waals surface area contributed by atoms with Crippen LogP contribution in [0.25, 0.3) is 6.08 Å². The van der Waals surface area contributed by atoms with Crippen molar-refractivity contribution in [1.82, 2.24) is 5.48 Å². The molecule has 1 aliphatic heterocycles. The fraction of sp³-hybridized carbons (Fsp3) is 0.0588. The van der Waals surface area contributed by atoms with E-state index in [2.05, 4.69) is 0 Å². The number of carbonyl (C=O) groups is 1. The topological polar surface area (TPSA) is 76.4 Å². The first kappa shape index (κ1) is 14.0. The summed E-state index contributed by atoms with van der Waals surface area (Å²) in [6.07, 6.45) is 3.56. The molecule has 5 heteroatoms. The predicted octanol–water partition coefficient (Wildman–Crippen LogP) is 2.68. The second-order valence-corrected chi connectivity index (χ2v) is 4.93. The van der Waals surface area contributed by atoms with E-state index in [9.17, 15) is 4.79 Å². The number of fused-ring (bicyclic) bond motifs is 1. The molecule has 22 heavy (non-hydrogen) atoms. The molecule has 3 N–H and O–H groups in total. The number of para-hydroxylation sites is 1. The maximum atomic E-state index is 12.9. The summed E-state index contributed by atoms with van der Waals surface area (Å²) in [6.45, 7) is 0. The lowest BCUT2D eigenvalue weighted by atomic mass is 10.0. The Bertz CT molecular complexity index is 741. The Hall–Kier alpha value is -2.92. The molecule has 1 unspecified atom stereocenters. The molecule has 0 fully saturated rings. The number of amidine groups is 1. The summed E-state index contributed by atoms with van der Waals surface area (Å²) in [5.41, 5.74) is 3.98. The van der Waals surface area contributed by atoms with Gasteiger partial charge in [-0.1, -0.05) is 48.6 Å². The minimum Gasteiger partial charge on any atom is -0.294 e. The molecule has 1 amide bonds. The van der Waals surface area contributed by atoms with Gasteiger partial charge in [0.15, 0.2) is 0 Å². The van der Waals surface area contributed by atoms with Crippen molar-refractivity contribution >= 4 is 23.5 Å². The van der Waals surface area contributed by atoms with Crippen LogP contribution < -0.4 is 10.4 Å². The van der Waals surface area contributed by atoms with Gasteiger partial charge in [-0.25, -0.2) is 0 Å². The largest absolute Gasteiger partial charge is 0.294 e. The molecule has 1 heterocycles. The maximum Gasteiger partial charge on any atom is 0.259 e. The summed E-state index contributed by atoms with van der Waals surface area (Å²) in [5, 5.41) is 16.9. The Balaban J connectivity index is 2.09. The van der Waals surface area contributed by atoms with Crippen LogP contribution in [0, 0.1) is 5.41 Å². The van der Waals surface area contributed by atoms with Crippen LogP contribution in [0.3, 0.4) is 0 Å². The standard InChI is InChI=1S/C17H15N3O2/c18-16(19-22)15-11-10-12-6-4-5-9-14(12)20(15)17(21)13-7-2-1-3-8-13/h1-11,15,22H,(H2,18,19). The van der Waals surface area contributed by atoms with Gasteiger partial charge < -0.3 is 0 Å². The SMILES string of the molecule is N=C(NO)C1C=Cc2ccccc2N1C(=O)c1ccccc1. The number of anilines is 1. The second kappa shape index (κ2) is 5.83. The molecular weight excluding hydrogens is 278 g/mol. The smallest absolute Gasteiger partial charge is 0.259 e. The number of carbonyl (C=O) groups excluding carboxylic acids is 1. The van der Waals surface area contributed by atoms with Gasteiger partial charge in [-0.15, -0.1) is 0 Å². The van der Waals surface area contributed by atoms with Crippen LogP contribution in [-0.4, -0.2) is 23.0 Å².